The maximum Gasteiger partial charge on any atom is 0.235 e. The second kappa shape index (κ2) is 2.60. The number of isocyanates is 1. The highest BCUT2D eigenvalue weighted by Gasteiger charge is 2.15. The minimum atomic E-state index is -0.443. The molecular formula is C7H11NO. The molecule has 2 nitrogen and oxygen atoms in total. The van der Waals surface area contributed by atoms with Gasteiger partial charge in [-0.2, -0.15) is 4.99 Å². The number of carbonyl (C=O) groups excluding carboxylic acids is 1. The lowest BCUT2D eigenvalue weighted by Crippen LogP contribution is -2.16. The van der Waals surface area contributed by atoms with E-state index >= 15 is 0 Å². The van der Waals surface area contributed by atoms with Crippen molar-refractivity contribution in [3.05, 3.63) is 12.2 Å². The second-order valence-corrected chi connectivity index (χ2v) is 2.54. The molecule has 0 N–H and O–H groups in total. The van der Waals surface area contributed by atoms with E-state index in [-0.39, 0.29) is 0 Å². The lowest BCUT2D eigenvalue weighted by atomic mass is 9.98. The topological polar surface area (TPSA) is 29.4 Å². The van der Waals surface area contributed by atoms with Crippen LogP contribution in [0.25, 0.3) is 0 Å². The van der Waals surface area contributed by atoms with Crippen LogP contribution in [0.1, 0.15) is 20.8 Å². The fourth-order valence-corrected chi connectivity index (χ4v) is 0.210. The Morgan fingerprint density at radius 1 is 1.67 bits per heavy atom. The second-order valence-electron chi connectivity index (χ2n) is 2.54. The van der Waals surface area contributed by atoms with Gasteiger partial charge < -0.3 is 0 Å². The highest BCUT2D eigenvalue weighted by molar-refractivity contribution is 5.36. The highest BCUT2D eigenvalue weighted by Crippen LogP contribution is 2.16. The normalized spacial score (nSPS) is 10.1. The van der Waals surface area contributed by atoms with Gasteiger partial charge in [0.15, 0.2) is 0 Å². The molecule has 0 aromatic carbocycles. The predicted octanol–water partition coefficient (Wildman–Crippen LogP) is 1.68. The molecule has 0 heterocycles. The predicted molar refractivity (Wildman–Crippen MR) is 37.0 cm³/mol. The minimum Gasteiger partial charge on any atom is -0.211 e. The summed E-state index contributed by atoms with van der Waals surface area (Å²) in [6, 6.07) is 0. The molecule has 9 heavy (non-hydrogen) atoms. The van der Waals surface area contributed by atoms with E-state index in [1.165, 1.54) is 6.08 Å². The van der Waals surface area contributed by atoms with E-state index in [0.29, 0.717) is 0 Å². The van der Waals surface area contributed by atoms with Crippen LogP contribution in [0.15, 0.2) is 17.1 Å². The SMILES string of the molecule is C=C(C)C(C)(C)N=C=O. The molecule has 0 unspecified atom stereocenters. The van der Waals surface area contributed by atoms with E-state index in [0.717, 1.165) is 5.57 Å². The van der Waals surface area contributed by atoms with Gasteiger partial charge in [0, 0.05) is 0 Å². The Labute approximate surface area is 55.3 Å². The summed E-state index contributed by atoms with van der Waals surface area (Å²) in [5, 5.41) is 0. The molecule has 0 aromatic heterocycles. The molecule has 2 heteroatoms. The summed E-state index contributed by atoms with van der Waals surface area (Å²) < 4.78 is 0. The summed E-state index contributed by atoms with van der Waals surface area (Å²) in [5.41, 5.74) is 0.424. The smallest absolute Gasteiger partial charge is 0.211 e. The van der Waals surface area contributed by atoms with Gasteiger partial charge in [0.2, 0.25) is 6.08 Å². The van der Waals surface area contributed by atoms with Gasteiger partial charge in [-0.1, -0.05) is 12.2 Å². The lowest BCUT2D eigenvalue weighted by molar-refractivity contribution is 0.544. The van der Waals surface area contributed by atoms with Crippen LogP contribution >= 0.6 is 0 Å². The van der Waals surface area contributed by atoms with Crippen molar-refractivity contribution in [1.82, 2.24) is 0 Å². The largest absolute Gasteiger partial charge is 0.235 e. The summed E-state index contributed by atoms with van der Waals surface area (Å²) in [6.45, 7) is 9.15. The molecule has 0 rings (SSSR count). The van der Waals surface area contributed by atoms with Crippen molar-refractivity contribution in [1.29, 1.82) is 0 Å². The van der Waals surface area contributed by atoms with Gasteiger partial charge in [-0.15, -0.1) is 0 Å². The molecular weight excluding hydrogens is 114 g/mol. The number of hydrogen-bond acceptors (Lipinski definition) is 2. The Morgan fingerprint density at radius 2 is 2.11 bits per heavy atom. The van der Waals surface area contributed by atoms with Gasteiger partial charge in [-0.25, -0.2) is 4.79 Å². The average molecular weight is 125 g/mol. The molecule has 0 aromatic rings. The van der Waals surface area contributed by atoms with Gasteiger partial charge in [-0.3, -0.25) is 0 Å². The fourth-order valence-electron chi connectivity index (χ4n) is 0.210. The first kappa shape index (κ1) is 8.12. The van der Waals surface area contributed by atoms with Crippen LogP contribution in [-0.4, -0.2) is 11.6 Å². The Morgan fingerprint density at radius 3 is 2.22 bits per heavy atom. The molecule has 0 fully saturated rings. The van der Waals surface area contributed by atoms with E-state index in [1.54, 1.807) is 0 Å². The third kappa shape index (κ3) is 2.24. The first-order chi connectivity index (χ1) is 4.00. The van der Waals surface area contributed by atoms with Gasteiger partial charge in [-0.05, 0) is 20.8 Å². The third-order valence-corrected chi connectivity index (χ3v) is 1.37. The summed E-state index contributed by atoms with van der Waals surface area (Å²) in [6.07, 6.45) is 1.50. The molecule has 0 saturated carbocycles. The van der Waals surface area contributed by atoms with E-state index in [9.17, 15) is 4.79 Å². The molecule has 0 spiro atoms. The number of rotatable bonds is 2. The van der Waals surface area contributed by atoms with Crippen molar-refractivity contribution in [3.63, 3.8) is 0 Å². The molecule has 0 saturated heterocycles. The van der Waals surface area contributed by atoms with Crippen molar-refractivity contribution < 1.29 is 4.79 Å². The fraction of sp³-hybridized carbons (Fsp3) is 0.571. The summed E-state index contributed by atoms with van der Waals surface area (Å²) in [4.78, 5) is 13.3. The number of hydrogen-bond donors (Lipinski definition) is 0. The van der Waals surface area contributed by atoms with Gasteiger partial charge in [0.1, 0.15) is 0 Å². The van der Waals surface area contributed by atoms with Crippen LogP contribution in [0, 0.1) is 0 Å². The zero-order valence-corrected chi connectivity index (χ0v) is 6.06. The van der Waals surface area contributed by atoms with Gasteiger partial charge in [0.25, 0.3) is 0 Å². The van der Waals surface area contributed by atoms with Crippen LogP contribution < -0.4 is 0 Å². The minimum absolute atomic E-state index is 0.443. The molecule has 0 amide bonds. The van der Waals surface area contributed by atoms with Crippen molar-refractivity contribution >= 4 is 6.08 Å². The molecule has 0 bridgehead atoms. The van der Waals surface area contributed by atoms with Crippen LogP contribution in [0.2, 0.25) is 0 Å². The van der Waals surface area contributed by atoms with E-state index in [4.69, 9.17) is 0 Å². The first-order valence-electron chi connectivity index (χ1n) is 2.75. The van der Waals surface area contributed by atoms with Crippen LogP contribution in [-0.2, 0) is 4.79 Å². The standard InChI is InChI=1S/C7H11NO/c1-6(2)7(3,4)8-5-9/h1H2,2-4H3. The van der Waals surface area contributed by atoms with Crippen LogP contribution in [0.3, 0.4) is 0 Å². The number of aliphatic imine (C=N–C) groups is 1. The Bertz CT molecular complexity index is 160. The van der Waals surface area contributed by atoms with E-state index < -0.39 is 5.54 Å². The van der Waals surface area contributed by atoms with Crippen molar-refractivity contribution in [2.75, 3.05) is 0 Å². The first-order valence-corrected chi connectivity index (χ1v) is 2.75. The quantitative estimate of drug-likeness (QED) is 0.313. The zero-order chi connectivity index (χ0) is 7.49. The van der Waals surface area contributed by atoms with Crippen LogP contribution in [0.4, 0.5) is 0 Å². The molecule has 0 aliphatic rings. The molecule has 50 valence electrons. The number of nitrogens with zero attached hydrogens (tertiary/aromatic N) is 1. The molecule has 0 atom stereocenters. The summed E-state index contributed by atoms with van der Waals surface area (Å²) >= 11 is 0. The third-order valence-electron chi connectivity index (χ3n) is 1.37. The average Bonchev–Trinajstić information content (AvgIpc) is 1.65. The lowest BCUT2D eigenvalue weighted by Gasteiger charge is -2.15. The zero-order valence-electron chi connectivity index (χ0n) is 6.06. The van der Waals surface area contributed by atoms with Crippen LogP contribution in [0.5, 0.6) is 0 Å². The van der Waals surface area contributed by atoms with Gasteiger partial charge >= 0.3 is 0 Å². The van der Waals surface area contributed by atoms with Crippen molar-refractivity contribution in [3.8, 4) is 0 Å². The molecule has 0 aliphatic heterocycles. The van der Waals surface area contributed by atoms with Crippen molar-refractivity contribution in [2.45, 2.75) is 26.3 Å². The maximum atomic E-state index is 9.79. The summed E-state index contributed by atoms with van der Waals surface area (Å²) in [5.74, 6) is 0. The van der Waals surface area contributed by atoms with E-state index in [2.05, 4.69) is 11.6 Å². The molecule has 0 radical (unpaired) electrons. The highest BCUT2D eigenvalue weighted by atomic mass is 16.1. The van der Waals surface area contributed by atoms with Crippen molar-refractivity contribution in [2.24, 2.45) is 4.99 Å². The molecule has 0 aliphatic carbocycles. The monoisotopic (exact) mass is 125 g/mol. The summed E-state index contributed by atoms with van der Waals surface area (Å²) in [7, 11) is 0. The maximum absolute atomic E-state index is 9.79. The van der Waals surface area contributed by atoms with E-state index in [1.807, 2.05) is 20.8 Å². The Kier molecular flexibility index (Phi) is 2.35. The van der Waals surface area contributed by atoms with Gasteiger partial charge in [0.05, 0.1) is 5.54 Å². The Balaban J connectivity index is 4.37. The Hall–Kier alpha value is -0.880.